The first-order valence-corrected chi connectivity index (χ1v) is 4.10. The van der Waals surface area contributed by atoms with E-state index >= 15 is 0 Å². The van der Waals surface area contributed by atoms with E-state index in [0.29, 0.717) is 5.56 Å². The summed E-state index contributed by atoms with van der Waals surface area (Å²) in [5.74, 6) is 0.271. The summed E-state index contributed by atoms with van der Waals surface area (Å²) in [4.78, 5) is 7.51. The molecule has 0 aliphatic rings. The molecule has 0 spiro atoms. The highest BCUT2D eigenvalue weighted by Gasteiger charge is 2.29. The van der Waals surface area contributed by atoms with Crippen LogP contribution in [0.5, 0.6) is 5.88 Å². The number of aromatic nitrogens is 2. The van der Waals surface area contributed by atoms with Gasteiger partial charge in [-0.3, -0.25) is 0 Å². The Morgan fingerprint density at radius 3 is 2.40 bits per heavy atom. The van der Waals surface area contributed by atoms with Gasteiger partial charge in [-0.05, 0) is 13.8 Å². The molecule has 0 amide bonds. The Kier molecular flexibility index (Phi) is 3.01. The van der Waals surface area contributed by atoms with E-state index in [1.54, 1.807) is 0 Å². The second-order valence-corrected chi connectivity index (χ2v) is 2.99. The average Bonchev–Trinajstić information content (AvgIpc) is 2.07. The molecule has 0 bridgehead atoms. The number of nitrogen functional groups attached to an aromatic ring is 1. The second-order valence-electron chi connectivity index (χ2n) is 2.99. The van der Waals surface area contributed by atoms with Crippen LogP contribution in [0.3, 0.4) is 0 Å². The smallest absolute Gasteiger partial charge is 0.422 e. The minimum absolute atomic E-state index is 0.125. The highest BCUT2D eigenvalue weighted by Crippen LogP contribution is 2.22. The molecule has 15 heavy (non-hydrogen) atoms. The third-order valence-corrected chi connectivity index (χ3v) is 1.62. The normalized spacial score (nSPS) is 11.5. The summed E-state index contributed by atoms with van der Waals surface area (Å²) in [6, 6.07) is 0. The van der Waals surface area contributed by atoms with E-state index in [0.717, 1.165) is 0 Å². The van der Waals surface area contributed by atoms with Gasteiger partial charge in [-0.1, -0.05) is 0 Å². The molecular weight excluding hydrogens is 211 g/mol. The summed E-state index contributed by atoms with van der Waals surface area (Å²) in [6.07, 6.45) is -4.39. The molecule has 0 unspecified atom stereocenters. The third-order valence-electron chi connectivity index (χ3n) is 1.62. The Balaban J connectivity index is 2.86. The van der Waals surface area contributed by atoms with Crippen LogP contribution in [0.2, 0.25) is 0 Å². The van der Waals surface area contributed by atoms with Crippen molar-refractivity contribution in [1.82, 2.24) is 9.97 Å². The molecule has 1 aromatic rings. The number of hydrogen-bond acceptors (Lipinski definition) is 4. The lowest BCUT2D eigenvalue weighted by molar-refractivity contribution is -0.154. The van der Waals surface area contributed by atoms with Crippen LogP contribution in [-0.4, -0.2) is 22.8 Å². The summed E-state index contributed by atoms with van der Waals surface area (Å²) >= 11 is 0. The number of nitrogens with zero attached hydrogens (tertiary/aromatic N) is 2. The Labute approximate surface area is 84.3 Å². The first-order valence-electron chi connectivity index (χ1n) is 4.10. The van der Waals surface area contributed by atoms with Crippen molar-refractivity contribution in [2.24, 2.45) is 0 Å². The zero-order valence-electron chi connectivity index (χ0n) is 8.22. The summed E-state index contributed by atoms with van der Waals surface area (Å²) < 4.78 is 40.1. The number of ether oxygens (including phenoxy) is 1. The van der Waals surface area contributed by atoms with Crippen LogP contribution in [0, 0.1) is 13.8 Å². The van der Waals surface area contributed by atoms with E-state index in [2.05, 4.69) is 14.7 Å². The third kappa shape index (κ3) is 3.26. The maximum atomic E-state index is 11.9. The summed E-state index contributed by atoms with van der Waals surface area (Å²) in [7, 11) is 0. The number of alkyl halides is 3. The van der Waals surface area contributed by atoms with E-state index in [1.807, 2.05) is 0 Å². The molecule has 0 saturated heterocycles. The number of anilines is 1. The van der Waals surface area contributed by atoms with Gasteiger partial charge in [-0.2, -0.15) is 18.2 Å². The molecule has 4 nitrogen and oxygen atoms in total. The van der Waals surface area contributed by atoms with Gasteiger partial charge >= 0.3 is 6.18 Å². The SMILES string of the molecule is Cc1nc(N)c(C)c(OCC(F)(F)F)n1. The van der Waals surface area contributed by atoms with Gasteiger partial charge in [0.15, 0.2) is 6.61 Å². The lowest BCUT2D eigenvalue weighted by atomic mass is 10.3. The molecule has 0 aromatic carbocycles. The molecule has 0 radical (unpaired) electrons. The van der Waals surface area contributed by atoms with E-state index in [9.17, 15) is 13.2 Å². The van der Waals surface area contributed by atoms with Crippen molar-refractivity contribution in [2.45, 2.75) is 20.0 Å². The van der Waals surface area contributed by atoms with Crippen molar-refractivity contribution in [3.05, 3.63) is 11.4 Å². The van der Waals surface area contributed by atoms with Gasteiger partial charge < -0.3 is 10.5 Å². The molecule has 84 valence electrons. The van der Waals surface area contributed by atoms with Crippen LogP contribution < -0.4 is 10.5 Å². The number of aryl methyl sites for hydroxylation is 1. The molecule has 0 saturated carbocycles. The molecule has 2 N–H and O–H groups in total. The predicted molar refractivity (Wildman–Crippen MR) is 47.5 cm³/mol. The Bertz CT molecular complexity index is 365. The fourth-order valence-electron chi connectivity index (χ4n) is 0.914. The van der Waals surface area contributed by atoms with Crippen molar-refractivity contribution in [2.75, 3.05) is 12.3 Å². The summed E-state index contributed by atoms with van der Waals surface area (Å²) in [5, 5.41) is 0. The zero-order valence-corrected chi connectivity index (χ0v) is 8.22. The van der Waals surface area contributed by atoms with Gasteiger partial charge in [0.2, 0.25) is 5.88 Å². The molecule has 1 rings (SSSR count). The van der Waals surface area contributed by atoms with Gasteiger partial charge in [0.1, 0.15) is 11.6 Å². The molecular formula is C8H10F3N3O. The monoisotopic (exact) mass is 221 g/mol. The van der Waals surface area contributed by atoms with Gasteiger partial charge in [-0.15, -0.1) is 0 Å². The largest absolute Gasteiger partial charge is 0.468 e. The second kappa shape index (κ2) is 3.92. The van der Waals surface area contributed by atoms with Gasteiger partial charge in [0, 0.05) is 0 Å². The van der Waals surface area contributed by atoms with Crippen LogP contribution in [0.4, 0.5) is 19.0 Å². The Hall–Kier alpha value is -1.53. The van der Waals surface area contributed by atoms with E-state index in [4.69, 9.17) is 5.73 Å². The maximum Gasteiger partial charge on any atom is 0.422 e. The van der Waals surface area contributed by atoms with Crippen molar-refractivity contribution >= 4 is 5.82 Å². The lowest BCUT2D eigenvalue weighted by Crippen LogP contribution is -2.20. The Morgan fingerprint density at radius 1 is 1.27 bits per heavy atom. The lowest BCUT2D eigenvalue weighted by Gasteiger charge is -2.11. The number of halogens is 3. The van der Waals surface area contributed by atoms with Crippen LogP contribution >= 0.6 is 0 Å². The predicted octanol–water partition coefficient (Wildman–Crippen LogP) is 1.62. The molecule has 1 aromatic heterocycles. The first-order chi connectivity index (χ1) is 6.79. The minimum Gasteiger partial charge on any atom is -0.468 e. The van der Waals surface area contributed by atoms with Gasteiger partial charge in [0.05, 0.1) is 5.56 Å². The maximum absolute atomic E-state index is 11.9. The minimum atomic E-state index is -4.39. The molecule has 0 atom stereocenters. The Morgan fingerprint density at radius 2 is 1.87 bits per heavy atom. The molecule has 0 fully saturated rings. The van der Waals surface area contributed by atoms with Crippen LogP contribution in [0.25, 0.3) is 0 Å². The van der Waals surface area contributed by atoms with E-state index in [-0.39, 0.29) is 17.5 Å². The standard InChI is InChI=1S/C8H10F3N3O/c1-4-6(12)13-5(2)14-7(4)15-3-8(9,10)11/h3H2,1-2H3,(H2,12,13,14). The van der Waals surface area contributed by atoms with Crippen molar-refractivity contribution in [1.29, 1.82) is 0 Å². The first kappa shape index (κ1) is 11.5. The number of nitrogens with two attached hydrogens (primary N) is 1. The van der Waals surface area contributed by atoms with E-state index < -0.39 is 12.8 Å². The van der Waals surface area contributed by atoms with Gasteiger partial charge in [-0.25, -0.2) is 4.98 Å². The molecule has 1 heterocycles. The quantitative estimate of drug-likeness (QED) is 0.824. The van der Waals surface area contributed by atoms with Crippen molar-refractivity contribution in [3.8, 4) is 5.88 Å². The molecule has 7 heteroatoms. The fourth-order valence-corrected chi connectivity index (χ4v) is 0.914. The average molecular weight is 221 g/mol. The van der Waals surface area contributed by atoms with Crippen molar-refractivity contribution in [3.63, 3.8) is 0 Å². The molecule has 0 aliphatic heterocycles. The van der Waals surface area contributed by atoms with Crippen LogP contribution in [0.15, 0.2) is 0 Å². The van der Waals surface area contributed by atoms with Gasteiger partial charge in [0.25, 0.3) is 0 Å². The summed E-state index contributed by atoms with van der Waals surface area (Å²) in [5.41, 5.74) is 5.76. The summed E-state index contributed by atoms with van der Waals surface area (Å²) in [6.45, 7) is 1.64. The topological polar surface area (TPSA) is 61.0 Å². The highest BCUT2D eigenvalue weighted by atomic mass is 19.4. The van der Waals surface area contributed by atoms with Crippen molar-refractivity contribution < 1.29 is 17.9 Å². The number of rotatable bonds is 2. The molecule has 0 aliphatic carbocycles. The zero-order chi connectivity index (χ0) is 11.6. The van der Waals surface area contributed by atoms with Crippen LogP contribution in [0.1, 0.15) is 11.4 Å². The highest BCUT2D eigenvalue weighted by molar-refractivity contribution is 5.44. The fraction of sp³-hybridized carbons (Fsp3) is 0.500. The van der Waals surface area contributed by atoms with E-state index in [1.165, 1.54) is 13.8 Å². The number of hydrogen-bond donors (Lipinski definition) is 1. The van der Waals surface area contributed by atoms with Crippen LogP contribution in [-0.2, 0) is 0 Å².